The summed E-state index contributed by atoms with van der Waals surface area (Å²) in [5, 5.41) is 0. The molecular weight excluding hydrogens is 381 g/mol. The van der Waals surface area contributed by atoms with Crippen LogP contribution in [0, 0.1) is 0 Å². The Balaban J connectivity index is 0.00000264. The zero-order valence-corrected chi connectivity index (χ0v) is 16.0. The third-order valence-corrected chi connectivity index (χ3v) is 7.14. The van der Waals surface area contributed by atoms with E-state index in [1.807, 2.05) is 6.92 Å². The number of carbonyl (C=O) groups excluding carboxylic acids is 1. The van der Waals surface area contributed by atoms with Gasteiger partial charge in [-0.25, -0.2) is 8.42 Å². The van der Waals surface area contributed by atoms with E-state index in [2.05, 4.69) is 0 Å². The fraction of sp³-hybridized carbons (Fsp3) is 0.615. The van der Waals surface area contributed by atoms with Gasteiger partial charge in [0, 0.05) is 38.6 Å². The van der Waals surface area contributed by atoms with Gasteiger partial charge in [-0.3, -0.25) is 4.79 Å². The lowest BCUT2D eigenvalue weighted by molar-refractivity contribution is -0.132. The average molecular weight is 402 g/mol. The Morgan fingerprint density at radius 1 is 1.35 bits per heavy atom. The summed E-state index contributed by atoms with van der Waals surface area (Å²) in [6.07, 6.45) is 1.05. The summed E-state index contributed by atoms with van der Waals surface area (Å²) in [5.74, 6) is 0.0357. The predicted molar refractivity (Wildman–Crippen MR) is 94.8 cm³/mol. The maximum absolute atomic E-state index is 12.4. The molecule has 1 saturated heterocycles. The van der Waals surface area contributed by atoms with E-state index in [1.165, 1.54) is 10.4 Å². The van der Waals surface area contributed by atoms with Crippen molar-refractivity contribution in [1.82, 2.24) is 9.21 Å². The van der Waals surface area contributed by atoms with Crippen molar-refractivity contribution in [3.8, 4) is 0 Å². The Bertz CT molecular complexity index is 626. The molecule has 6 nitrogen and oxygen atoms in total. The maximum Gasteiger partial charge on any atom is 0.252 e. The maximum atomic E-state index is 12.4. The van der Waals surface area contributed by atoms with Crippen LogP contribution in [0.25, 0.3) is 0 Å². The minimum Gasteiger partial charge on any atom is -0.340 e. The van der Waals surface area contributed by atoms with E-state index >= 15 is 0 Å². The number of sulfonamides is 1. The summed E-state index contributed by atoms with van der Waals surface area (Å²) in [4.78, 5) is 13.7. The number of nitrogens with two attached hydrogens (primary N) is 1. The van der Waals surface area contributed by atoms with E-state index in [-0.39, 0.29) is 28.6 Å². The second-order valence-corrected chi connectivity index (χ2v) is 9.24. The molecule has 1 amide bonds. The van der Waals surface area contributed by atoms with Crippen LogP contribution in [-0.4, -0.2) is 55.8 Å². The number of piperazine rings is 1. The minimum absolute atomic E-state index is 0. The number of amides is 1. The zero-order valence-electron chi connectivity index (χ0n) is 12.8. The van der Waals surface area contributed by atoms with Gasteiger partial charge in [-0.05, 0) is 25.5 Å². The van der Waals surface area contributed by atoms with Crippen LogP contribution < -0.4 is 5.73 Å². The highest BCUT2D eigenvalue weighted by Gasteiger charge is 2.30. The minimum atomic E-state index is -3.51. The Labute approximate surface area is 152 Å². The van der Waals surface area contributed by atoms with Crippen LogP contribution in [0.3, 0.4) is 0 Å². The van der Waals surface area contributed by atoms with Crippen LogP contribution >= 0.6 is 35.3 Å². The molecule has 1 fully saturated rings. The van der Waals surface area contributed by atoms with E-state index in [4.69, 9.17) is 17.3 Å². The van der Waals surface area contributed by atoms with Gasteiger partial charge in [0.25, 0.3) is 10.0 Å². The number of thiophene rings is 1. The smallest absolute Gasteiger partial charge is 0.252 e. The summed E-state index contributed by atoms with van der Waals surface area (Å²) >= 11 is 6.85. The highest BCUT2D eigenvalue weighted by Crippen LogP contribution is 2.28. The molecule has 1 unspecified atom stereocenters. The second kappa shape index (κ2) is 8.64. The first-order valence-electron chi connectivity index (χ1n) is 7.09. The van der Waals surface area contributed by atoms with E-state index in [1.54, 1.807) is 11.0 Å². The first kappa shape index (κ1) is 20.7. The summed E-state index contributed by atoms with van der Waals surface area (Å²) in [7, 11) is -3.51. The van der Waals surface area contributed by atoms with Crippen LogP contribution in [0.2, 0.25) is 4.34 Å². The average Bonchev–Trinajstić information content (AvgIpc) is 2.92. The summed E-state index contributed by atoms with van der Waals surface area (Å²) in [6, 6.07) is 3.09. The van der Waals surface area contributed by atoms with Crippen molar-refractivity contribution in [3.05, 3.63) is 16.5 Å². The number of carbonyl (C=O) groups is 1. The van der Waals surface area contributed by atoms with Crippen molar-refractivity contribution in [3.63, 3.8) is 0 Å². The van der Waals surface area contributed by atoms with Gasteiger partial charge in [0.2, 0.25) is 5.91 Å². The van der Waals surface area contributed by atoms with Crippen molar-refractivity contribution < 1.29 is 13.2 Å². The fourth-order valence-corrected chi connectivity index (χ4v) is 5.31. The Kier molecular flexibility index (Phi) is 7.76. The van der Waals surface area contributed by atoms with Gasteiger partial charge in [-0.15, -0.1) is 23.7 Å². The van der Waals surface area contributed by atoms with Crippen molar-refractivity contribution >= 4 is 51.3 Å². The summed E-state index contributed by atoms with van der Waals surface area (Å²) in [5.41, 5.74) is 5.65. The van der Waals surface area contributed by atoms with Gasteiger partial charge >= 0.3 is 0 Å². The van der Waals surface area contributed by atoms with E-state index < -0.39 is 10.0 Å². The topological polar surface area (TPSA) is 83.7 Å². The lowest BCUT2D eigenvalue weighted by atomic mass is 10.2. The zero-order chi connectivity index (χ0) is 16.3. The summed E-state index contributed by atoms with van der Waals surface area (Å²) < 4.78 is 27.0. The van der Waals surface area contributed by atoms with Crippen molar-refractivity contribution in [2.24, 2.45) is 5.73 Å². The lowest BCUT2D eigenvalue weighted by Crippen LogP contribution is -2.50. The van der Waals surface area contributed by atoms with E-state index in [0.717, 1.165) is 11.3 Å². The third kappa shape index (κ3) is 5.30. The molecule has 0 aromatic carbocycles. The molecule has 0 radical (unpaired) electrons. The molecule has 0 spiro atoms. The monoisotopic (exact) mass is 401 g/mol. The first-order chi connectivity index (χ1) is 10.3. The van der Waals surface area contributed by atoms with Crippen LogP contribution in [0.15, 0.2) is 16.3 Å². The van der Waals surface area contributed by atoms with Crippen molar-refractivity contribution in [2.75, 3.05) is 26.2 Å². The number of hydrogen-bond acceptors (Lipinski definition) is 5. The molecule has 2 rings (SSSR count). The normalized spacial score (nSPS) is 17.6. The molecule has 10 heteroatoms. The number of nitrogens with zero attached hydrogens (tertiary/aromatic N) is 2. The molecule has 23 heavy (non-hydrogen) atoms. The predicted octanol–water partition coefficient (Wildman–Crippen LogP) is 1.78. The van der Waals surface area contributed by atoms with Gasteiger partial charge in [0.1, 0.15) is 4.21 Å². The second-order valence-electron chi connectivity index (χ2n) is 5.36. The summed E-state index contributed by atoms with van der Waals surface area (Å²) in [6.45, 7) is 3.31. The number of halogens is 2. The van der Waals surface area contributed by atoms with E-state index in [9.17, 15) is 13.2 Å². The molecule has 132 valence electrons. The van der Waals surface area contributed by atoms with Crippen LogP contribution in [0.5, 0.6) is 0 Å². The molecule has 1 aliphatic rings. The molecule has 1 aliphatic heterocycles. The van der Waals surface area contributed by atoms with Crippen LogP contribution in [0.1, 0.15) is 19.8 Å². The third-order valence-electron chi connectivity index (χ3n) is 3.55. The fourth-order valence-electron chi connectivity index (χ4n) is 2.25. The van der Waals surface area contributed by atoms with Gasteiger partial charge in [-0.1, -0.05) is 11.6 Å². The van der Waals surface area contributed by atoms with Crippen molar-refractivity contribution in [2.45, 2.75) is 30.0 Å². The Morgan fingerprint density at radius 2 is 1.96 bits per heavy atom. The quantitative estimate of drug-likeness (QED) is 0.814. The van der Waals surface area contributed by atoms with Crippen LogP contribution in [0.4, 0.5) is 0 Å². The largest absolute Gasteiger partial charge is 0.340 e. The molecule has 2 N–H and O–H groups in total. The molecule has 0 bridgehead atoms. The standard InChI is InChI=1S/C13H20ClN3O3S2.ClH/c1-10(15)2-4-12(18)16-6-8-17(9-7-16)22(19,20)13-5-3-11(14)21-13;/h3,5,10H,2,4,6-9,15H2,1H3;1H. The molecule has 1 atom stereocenters. The van der Waals surface area contributed by atoms with Crippen LogP contribution in [-0.2, 0) is 14.8 Å². The Hall–Kier alpha value is -0.380. The molecule has 2 heterocycles. The van der Waals surface area contributed by atoms with Gasteiger partial charge < -0.3 is 10.6 Å². The highest BCUT2D eigenvalue weighted by atomic mass is 35.5. The number of rotatable bonds is 5. The molecule has 0 saturated carbocycles. The van der Waals surface area contributed by atoms with Gasteiger partial charge in [0.05, 0.1) is 4.34 Å². The van der Waals surface area contributed by atoms with E-state index in [0.29, 0.717) is 43.4 Å². The molecule has 0 aliphatic carbocycles. The first-order valence-corrected chi connectivity index (χ1v) is 9.73. The number of hydrogen-bond donors (Lipinski definition) is 1. The highest BCUT2D eigenvalue weighted by molar-refractivity contribution is 7.91. The molecule has 1 aromatic rings. The molecule has 1 aromatic heterocycles. The molecular formula is C13H21Cl2N3O3S2. The lowest BCUT2D eigenvalue weighted by Gasteiger charge is -2.33. The Morgan fingerprint density at radius 3 is 2.43 bits per heavy atom. The van der Waals surface area contributed by atoms with Crippen molar-refractivity contribution in [1.29, 1.82) is 0 Å². The van der Waals surface area contributed by atoms with Gasteiger partial charge in [-0.2, -0.15) is 4.31 Å². The SMILES string of the molecule is CC(N)CCC(=O)N1CCN(S(=O)(=O)c2ccc(Cl)s2)CC1.Cl. The van der Waals surface area contributed by atoms with Gasteiger partial charge in [0.15, 0.2) is 0 Å².